The van der Waals surface area contributed by atoms with Crippen molar-refractivity contribution in [2.45, 2.75) is 50.2 Å². The molecule has 1 amide bonds. The Morgan fingerprint density at radius 1 is 1.30 bits per heavy atom. The minimum Gasteiger partial charge on any atom is -0.331 e. The van der Waals surface area contributed by atoms with E-state index >= 15 is 0 Å². The summed E-state index contributed by atoms with van der Waals surface area (Å²) in [5, 5.41) is 0. The van der Waals surface area contributed by atoms with Gasteiger partial charge in [-0.2, -0.15) is 0 Å². The summed E-state index contributed by atoms with van der Waals surface area (Å²) in [6, 6.07) is 4.54. The van der Waals surface area contributed by atoms with Crippen molar-refractivity contribution in [1.29, 1.82) is 0 Å². The monoisotopic (exact) mass is 340 g/mol. The van der Waals surface area contributed by atoms with E-state index < -0.39 is 0 Å². The van der Waals surface area contributed by atoms with Crippen molar-refractivity contribution < 1.29 is 9.18 Å². The Hall–Kier alpha value is -0.940. The summed E-state index contributed by atoms with van der Waals surface area (Å²) < 4.78 is 14.4. The molecule has 1 heterocycles. The Kier molecular flexibility index (Phi) is 3.82. The SMILES string of the molecule is NC1CCCC(=O)N(C2CC2)C1c1cc(F)ccc1Br. The number of amides is 1. The van der Waals surface area contributed by atoms with E-state index in [0.29, 0.717) is 6.42 Å². The van der Waals surface area contributed by atoms with Gasteiger partial charge in [0.1, 0.15) is 5.82 Å². The third-order valence-electron chi connectivity index (χ3n) is 4.14. The molecule has 20 heavy (non-hydrogen) atoms. The van der Waals surface area contributed by atoms with Crippen LogP contribution in [0.25, 0.3) is 0 Å². The predicted octanol–water partition coefficient (Wildman–Crippen LogP) is 3.13. The Balaban J connectivity index is 2.04. The molecule has 0 bridgehead atoms. The summed E-state index contributed by atoms with van der Waals surface area (Å²) in [5.41, 5.74) is 7.10. The second kappa shape index (κ2) is 5.45. The Labute approximate surface area is 126 Å². The number of halogens is 2. The van der Waals surface area contributed by atoms with Crippen LogP contribution in [-0.2, 0) is 4.79 Å². The van der Waals surface area contributed by atoms with Gasteiger partial charge in [0.05, 0.1) is 6.04 Å². The van der Waals surface area contributed by atoms with Crippen LogP contribution in [-0.4, -0.2) is 22.9 Å². The van der Waals surface area contributed by atoms with Crippen molar-refractivity contribution >= 4 is 21.8 Å². The highest BCUT2D eigenvalue weighted by atomic mass is 79.9. The molecule has 1 aromatic rings. The fraction of sp³-hybridized carbons (Fsp3) is 0.533. The molecule has 2 aliphatic rings. The number of hydrogen-bond donors (Lipinski definition) is 1. The molecule has 1 saturated heterocycles. The van der Waals surface area contributed by atoms with E-state index in [4.69, 9.17) is 5.73 Å². The molecule has 2 fully saturated rings. The summed E-state index contributed by atoms with van der Waals surface area (Å²) in [4.78, 5) is 14.3. The largest absolute Gasteiger partial charge is 0.331 e. The molecule has 2 atom stereocenters. The van der Waals surface area contributed by atoms with E-state index in [0.717, 1.165) is 35.7 Å². The zero-order chi connectivity index (χ0) is 14.3. The van der Waals surface area contributed by atoms with Gasteiger partial charge < -0.3 is 10.6 Å². The molecule has 3 rings (SSSR count). The maximum atomic E-state index is 13.6. The van der Waals surface area contributed by atoms with Crippen LogP contribution in [0.1, 0.15) is 43.7 Å². The van der Waals surface area contributed by atoms with Crippen LogP contribution in [0.15, 0.2) is 22.7 Å². The van der Waals surface area contributed by atoms with Gasteiger partial charge in [0.2, 0.25) is 5.91 Å². The average Bonchev–Trinajstić information content (AvgIpc) is 3.22. The molecule has 1 aromatic carbocycles. The number of hydrogen-bond acceptors (Lipinski definition) is 2. The molecule has 108 valence electrons. The molecule has 0 radical (unpaired) electrons. The zero-order valence-corrected chi connectivity index (χ0v) is 12.8. The molecule has 0 aromatic heterocycles. The van der Waals surface area contributed by atoms with Crippen LogP contribution in [0.3, 0.4) is 0 Å². The van der Waals surface area contributed by atoms with Crippen molar-refractivity contribution in [3.05, 3.63) is 34.1 Å². The maximum absolute atomic E-state index is 13.6. The quantitative estimate of drug-likeness (QED) is 0.898. The van der Waals surface area contributed by atoms with Crippen LogP contribution in [0.2, 0.25) is 0 Å². The highest BCUT2D eigenvalue weighted by Gasteiger charge is 2.42. The van der Waals surface area contributed by atoms with Crippen molar-refractivity contribution in [2.75, 3.05) is 0 Å². The molecule has 2 N–H and O–H groups in total. The maximum Gasteiger partial charge on any atom is 0.223 e. The topological polar surface area (TPSA) is 46.3 Å². The lowest BCUT2D eigenvalue weighted by atomic mass is 9.96. The molecule has 1 saturated carbocycles. The molecule has 2 unspecified atom stereocenters. The predicted molar refractivity (Wildman–Crippen MR) is 78.5 cm³/mol. The number of likely N-dealkylation sites (tertiary alicyclic amines) is 1. The molecule has 3 nitrogen and oxygen atoms in total. The second-order valence-corrected chi connectivity index (χ2v) is 6.55. The molecule has 0 spiro atoms. The summed E-state index contributed by atoms with van der Waals surface area (Å²) >= 11 is 3.48. The second-order valence-electron chi connectivity index (χ2n) is 5.70. The number of carbonyl (C=O) groups is 1. The highest BCUT2D eigenvalue weighted by molar-refractivity contribution is 9.10. The van der Waals surface area contributed by atoms with Crippen LogP contribution >= 0.6 is 15.9 Å². The third-order valence-corrected chi connectivity index (χ3v) is 4.86. The van der Waals surface area contributed by atoms with Gasteiger partial charge in [0.25, 0.3) is 0 Å². The van der Waals surface area contributed by atoms with Gasteiger partial charge >= 0.3 is 0 Å². The standard InChI is InChI=1S/C15H18BrFN2O/c16-12-7-4-9(17)8-11(12)15-13(18)2-1-3-14(20)19(15)10-5-6-10/h4,7-8,10,13,15H,1-3,5-6,18H2. The number of benzene rings is 1. The summed E-state index contributed by atoms with van der Waals surface area (Å²) in [7, 11) is 0. The minimum atomic E-state index is -0.289. The summed E-state index contributed by atoms with van der Waals surface area (Å²) in [6.07, 6.45) is 4.21. The number of nitrogens with two attached hydrogens (primary N) is 1. The normalized spacial score (nSPS) is 27.6. The van der Waals surface area contributed by atoms with Crippen molar-refractivity contribution in [3.8, 4) is 0 Å². The summed E-state index contributed by atoms with van der Waals surface area (Å²) in [5.74, 6) is -0.135. The van der Waals surface area contributed by atoms with E-state index in [1.807, 2.05) is 4.90 Å². The van der Waals surface area contributed by atoms with Crippen molar-refractivity contribution in [3.63, 3.8) is 0 Å². The number of rotatable bonds is 2. The van der Waals surface area contributed by atoms with E-state index in [2.05, 4.69) is 15.9 Å². The van der Waals surface area contributed by atoms with Gasteiger partial charge in [-0.1, -0.05) is 15.9 Å². The summed E-state index contributed by atoms with van der Waals surface area (Å²) in [6.45, 7) is 0. The molecule has 1 aliphatic carbocycles. The van der Waals surface area contributed by atoms with Crippen LogP contribution < -0.4 is 5.73 Å². The Bertz CT molecular complexity index is 533. The lowest BCUT2D eigenvalue weighted by Crippen LogP contribution is -2.43. The van der Waals surface area contributed by atoms with Crippen LogP contribution in [0.5, 0.6) is 0 Å². The van der Waals surface area contributed by atoms with Crippen LogP contribution in [0.4, 0.5) is 4.39 Å². The van der Waals surface area contributed by atoms with E-state index in [-0.39, 0.29) is 29.8 Å². The minimum absolute atomic E-state index is 0.139. The first-order valence-corrected chi connectivity index (χ1v) is 7.89. The van der Waals surface area contributed by atoms with Gasteiger partial charge in [-0.3, -0.25) is 4.79 Å². The van der Waals surface area contributed by atoms with Gasteiger partial charge in [0, 0.05) is 23.0 Å². The fourth-order valence-corrected chi connectivity index (χ4v) is 3.52. The first kappa shape index (κ1) is 14.0. The highest BCUT2D eigenvalue weighted by Crippen LogP contribution is 2.41. The fourth-order valence-electron chi connectivity index (χ4n) is 3.04. The average molecular weight is 341 g/mol. The third kappa shape index (κ3) is 2.61. The van der Waals surface area contributed by atoms with Crippen molar-refractivity contribution in [1.82, 2.24) is 4.90 Å². The van der Waals surface area contributed by atoms with Gasteiger partial charge in [0.15, 0.2) is 0 Å². The lowest BCUT2D eigenvalue weighted by Gasteiger charge is -2.34. The molecule has 1 aliphatic heterocycles. The molecular weight excluding hydrogens is 323 g/mol. The van der Waals surface area contributed by atoms with Crippen molar-refractivity contribution in [2.24, 2.45) is 5.73 Å². The number of nitrogens with zero attached hydrogens (tertiary/aromatic N) is 1. The van der Waals surface area contributed by atoms with Crippen LogP contribution in [0, 0.1) is 5.82 Å². The van der Waals surface area contributed by atoms with Gasteiger partial charge in [-0.25, -0.2) is 4.39 Å². The zero-order valence-electron chi connectivity index (χ0n) is 11.2. The molecule has 5 heteroatoms. The Morgan fingerprint density at radius 3 is 2.75 bits per heavy atom. The Morgan fingerprint density at radius 2 is 2.05 bits per heavy atom. The van der Waals surface area contributed by atoms with Gasteiger partial charge in [-0.05, 0) is 49.4 Å². The smallest absolute Gasteiger partial charge is 0.223 e. The van der Waals surface area contributed by atoms with E-state index in [9.17, 15) is 9.18 Å². The van der Waals surface area contributed by atoms with E-state index in [1.165, 1.54) is 12.1 Å². The first-order chi connectivity index (χ1) is 9.58. The lowest BCUT2D eigenvalue weighted by molar-refractivity contribution is -0.134. The number of carbonyl (C=O) groups excluding carboxylic acids is 1. The van der Waals surface area contributed by atoms with E-state index in [1.54, 1.807) is 6.07 Å². The van der Waals surface area contributed by atoms with Gasteiger partial charge in [-0.15, -0.1) is 0 Å². The first-order valence-electron chi connectivity index (χ1n) is 7.09. The molecular formula is C15H18BrFN2O.